The van der Waals surface area contributed by atoms with Crippen molar-refractivity contribution in [3.05, 3.63) is 39.4 Å². The van der Waals surface area contributed by atoms with Gasteiger partial charge in [-0.25, -0.2) is 4.79 Å². The van der Waals surface area contributed by atoms with Crippen LogP contribution in [-0.2, 0) is 14.3 Å². The molecule has 0 atom stereocenters. The average molecular weight is 306 g/mol. The summed E-state index contributed by atoms with van der Waals surface area (Å²) in [6, 6.07) is 3.79. The van der Waals surface area contributed by atoms with Gasteiger partial charge in [-0.2, -0.15) is 0 Å². The van der Waals surface area contributed by atoms with Crippen LogP contribution in [0.1, 0.15) is 28.8 Å². The third-order valence-corrected chi connectivity index (χ3v) is 3.33. The Morgan fingerprint density at radius 3 is 2.68 bits per heavy atom. The Hall–Kier alpha value is -2.77. The fraction of sp³-hybridized carbons (Fsp3) is 0.357. The summed E-state index contributed by atoms with van der Waals surface area (Å²) in [6.07, 6.45) is 0.932. The number of benzene rings is 1. The van der Waals surface area contributed by atoms with Crippen molar-refractivity contribution < 1.29 is 24.0 Å². The zero-order chi connectivity index (χ0) is 16.3. The van der Waals surface area contributed by atoms with Gasteiger partial charge in [-0.1, -0.05) is 0 Å². The first kappa shape index (κ1) is 15.6. The molecular formula is C14H14N2O6. The molecule has 1 aliphatic heterocycles. The number of nitro groups is 1. The number of esters is 1. The number of rotatable bonds is 4. The molecule has 2 amide bonds. The molecule has 0 aromatic heterocycles. The predicted octanol–water partition coefficient (Wildman–Crippen LogP) is 1.21. The van der Waals surface area contributed by atoms with E-state index >= 15 is 0 Å². The number of carbonyl (C=O) groups is 3. The number of nitro benzene ring substituents is 1. The van der Waals surface area contributed by atoms with Gasteiger partial charge in [0.15, 0.2) is 6.61 Å². The van der Waals surface area contributed by atoms with Crippen LogP contribution in [0.25, 0.3) is 0 Å². The van der Waals surface area contributed by atoms with Crippen LogP contribution in [-0.4, -0.2) is 40.8 Å². The van der Waals surface area contributed by atoms with Gasteiger partial charge in [0.05, 0.1) is 10.5 Å². The lowest BCUT2D eigenvalue weighted by Crippen LogP contribution is -2.35. The van der Waals surface area contributed by atoms with E-state index in [1.54, 1.807) is 0 Å². The van der Waals surface area contributed by atoms with Crippen molar-refractivity contribution in [2.45, 2.75) is 19.8 Å². The molecule has 0 aliphatic carbocycles. The maximum Gasteiger partial charge on any atom is 0.338 e. The molecule has 0 saturated carbocycles. The first-order chi connectivity index (χ1) is 10.4. The van der Waals surface area contributed by atoms with Gasteiger partial charge in [0.1, 0.15) is 0 Å². The fourth-order valence-corrected chi connectivity index (χ4v) is 2.19. The highest BCUT2D eigenvalue weighted by Crippen LogP contribution is 2.19. The van der Waals surface area contributed by atoms with Crippen molar-refractivity contribution >= 4 is 23.5 Å². The Bertz CT molecular complexity index is 655. The molecule has 0 unspecified atom stereocenters. The van der Waals surface area contributed by atoms with Crippen molar-refractivity contribution in [2.24, 2.45) is 0 Å². The van der Waals surface area contributed by atoms with Crippen LogP contribution in [0.5, 0.6) is 0 Å². The standard InChI is InChI=1S/C14H14N2O6/c1-9-7-10(4-5-11(9)16(20)21)14(19)22-8-13(18)15-6-2-3-12(15)17/h4-5,7H,2-3,6,8H2,1H3. The predicted molar refractivity (Wildman–Crippen MR) is 74.1 cm³/mol. The number of hydrogen-bond acceptors (Lipinski definition) is 6. The molecule has 116 valence electrons. The molecule has 0 bridgehead atoms. The molecule has 0 spiro atoms. The lowest BCUT2D eigenvalue weighted by molar-refractivity contribution is -0.385. The highest BCUT2D eigenvalue weighted by Gasteiger charge is 2.27. The second-order valence-electron chi connectivity index (χ2n) is 4.88. The Morgan fingerprint density at radius 1 is 1.41 bits per heavy atom. The molecule has 8 heteroatoms. The van der Waals surface area contributed by atoms with Crippen LogP contribution >= 0.6 is 0 Å². The van der Waals surface area contributed by atoms with Gasteiger partial charge >= 0.3 is 5.97 Å². The van der Waals surface area contributed by atoms with Crippen LogP contribution in [0.2, 0.25) is 0 Å². The molecule has 22 heavy (non-hydrogen) atoms. The molecule has 1 aromatic rings. The highest BCUT2D eigenvalue weighted by molar-refractivity contribution is 5.98. The number of carbonyl (C=O) groups excluding carboxylic acids is 3. The number of aryl methyl sites for hydroxylation is 1. The van der Waals surface area contributed by atoms with E-state index in [2.05, 4.69) is 0 Å². The Labute approximate surface area is 125 Å². The van der Waals surface area contributed by atoms with Gasteiger partial charge in [0.2, 0.25) is 5.91 Å². The van der Waals surface area contributed by atoms with Crippen LogP contribution in [0, 0.1) is 17.0 Å². The van der Waals surface area contributed by atoms with Crippen LogP contribution < -0.4 is 0 Å². The first-order valence-electron chi connectivity index (χ1n) is 6.65. The summed E-state index contributed by atoms with van der Waals surface area (Å²) < 4.78 is 4.85. The van der Waals surface area contributed by atoms with E-state index in [1.165, 1.54) is 25.1 Å². The number of amides is 2. The minimum atomic E-state index is -0.766. The molecule has 1 heterocycles. The van der Waals surface area contributed by atoms with Crippen molar-refractivity contribution in [1.82, 2.24) is 4.90 Å². The summed E-state index contributed by atoms with van der Waals surface area (Å²) in [6.45, 7) is 1.31. The number of ether oxygens (including phenoxy) is 1. The van der Waals surface area contributed by atoms with E-state index in [4.69, 9.17) is 4.74 Å². The maximum atomic E-state index is 11.8. The number of nitrogens with zero attached hydrogens (tertiary/aromatic N) is 2. The van der Waals surface area contributed by atoms with Crippen LogP contribution in [0.3, 0.4) is 0 Å². The van der Waals surface area contributed by atoms with Crippen molar-refractivity contribution in [3.8, 4) is 0 Å². The zero-order valence-corrected chi connectivity index (χ0v) is 11.9. The summed E-state index contributed by atoms with van der Waals surface area (Å²) in [5.74, 6) is -1.60. The molecule has 1 fully saturated rings. The maximum absolute atomic E-state index is 11.8. The molecular weight excluding hydrogens is 292 g/mol. The molecule has 1 saturated heterocycles. The Kier molecular flexibility index (Phi) is 4.50. The smallest absolute Gasteiger partial charge is 0.338 e. The number of likely N-dealkylation sites (tertiary alicyclic amines) is 1. The normalized spacial score (nSPS) is 14.0. The van der Waals surface area contributed by atoms with E-state index in [-0.39, 0.29) is 17.2 Å². The second-order valence-corrected chi connectivity index (χ2v) is 4.88. The van der Waals surface area contributed by atoms with Gasteiger partial charge < -0.3 is 4.74 Å². The second kappa shape index (κ2) is 6.33. The molecule has 8 nitrogen and oxygen atoms in total. The summed E-state index contributed by atoms with van der Waals surface area (Å²) in [5, 5.41) is 10.7. The van der Waals surface area contributed by atoms with E-state index in [1.807, 2.05) is 0 Å². The lowest BCUT2D eigenvalue weighted by Gasteiger charge is -2.13. The quantitative estimate of drug-likeness (QED) is 0.470. The SMILES string of the molecule is Cc1cc(C(=O)OCC(=O)N2CCCC2=O)ccc1[N+](=O)[O-]. The van der Waals surface area contributed by atoms with E-state index < -0.39 is 23.4 Å². The number of imide groups is 1. The third-order valence-electron chi connectivity index (χ3n) is 3.33. The minimum Gasteiger partial charge on any atom is -0.452 e. The molecule has 2 rings (SSSR count). The number of hydrogen-bond donors (Lipinski definition) is 0. The van der Waals surface area contributed by atoms with Crippen molar-refractivity contribution in [1.29, 1.82) is 0 Å². The van der Waals surface area contributed by atoms with Crippen molar-refractivity contribution in [2.75, 3.05) is 13.2 Å². The third kappa shape index (κ3) is 3.27. The summed E-state index contributed by atoms with van der Waals surface area (Å²) in [5.41, 5.74) is 0.333. The van der Waals surface area contributed by atoms with Gasteiger partial charge in [0, 0.05) is 24.6 Å². The fourth-order valence-electron chi connectivity index (χ4n) is 2.19. The highest BCUT2D eigenvalue weighted by atomic mass is 16.6. The van der Waals surface area contributed by atoms with Gasteiger partial charge in [-0.05, 0) is 25.5 Å². The monoisotopic (exact) mass is 306 g/mol. The lowest BCUT2D eigenvalue weighted by atomic mass is 10.1. The Balaban J connectivity index is 1.98. The summed E-state index contributed by atoms with van der Waals surface area (Å²) >= 11 is 0. The zero-order valence-electron chi connectivity index (χ0n) is 11.9. The largest absolute Gasteiger partial charge is 0.452 e. The van der Waals surface area contributed by atoms with E-state index in [0.29, 0.717) is 24.9 Å². The summed E-state index contributed by atoms with van der Waals surface area (Å²) in [7, 11) is 0. The molecule has 1 aromatic carbocycles. The molecule has 1 aliphatic rings. The van der Waals surface area contributed by atoms with Crippen LogP contribution in [0.15, 0.2) is 18.2 Å². The van der Waals surface area contributed by atoms with E-state index in [9.17, 15) is 24.5 Å². The van der Waals surface area contributed by atoms with E-state index in [0.717, 1.165) is 4.90 Å². The van der Waals surface area contributed by atoms with Crippen molar-refractivity contribution in [3.63, 3.8) is 0 Å². The van der Waals surface area contributed by atoms with Crippen LogP contribution in [0.4, 0.5) is 5.69 Å². The summed E-state index contributed by atoms with van der Waals surface area (Å²) in [4.78, 5) is 46.2. The minimum absolute atomic E-state index is 0.102. The Morgan fingerprint density at radius 2 is 2.14 bits per heavy atom. The first-order valence-corrected chi connectivity index (χ1v) is 6.65. The van der Waals surface area contributed by atoms with Gasteiger partial charge in [0.25, 0.3) is 11.6 Å². The average Bonchev–Trinajstić information content (AvgIpc) is 2.90. The van der Waals surface area contributed by atoms with Gasteiger partial charge in [-0.3, -0.25) is 24.6 Å². The molecule has 0 N–H and O–H groups in total. The molecule has 0 radical (unpaired) electrons. The van der Waals surface area contributed by atoms with Gasteiger partial charge in [-0.15, -0.1) is 0 Å². The topological polar surface area (TPSA) is 107 Å².